The maximum atomic E-state index is 11.4. The van der Waals surface area contributed by atoms with E-state index in [-0.39, 0.29) is 23.7 Å². The molecular formula is C11H12O3. The van der Waals surface area contributed by atoms with Crippen LogP contribution in [0.2, 0.25) is 0 Å². The zero-order valence-electron chi connectivity index (χ0n) is 7.99. The zero-order valence-corrected chi connectivity index (χ0v) is 7.99. The van der Waals surface area contributed by atoms with Crippen LogP contribution in [0.4, 0.5) is 0 Å². The van der Waals surface area contributed by atoms with Gasteiger partial charge >= 0.3 is 0 Å². The highest BCUT2D eigenvalue weighted by Gasteiger charge is 2.09. The Balaban J connectivity index is 2.70. The van der Waals surface area contributed by atoms with Crippen molar-refractivity contribution in [3.8, 4) is 5.75 Å². The molecule has 0 saturated carbocycles. The van der Waals surface area contributed by atoms with Gasteiger partial charge in [-0.15, -0.1) is 0 Å². The van der Waals surface area contributed by atoms with Crippen molar-refractivity contribution < 1.29 is 14.7 Å². The average molecular weight is 192 g/mol. The minimum Gasteiger partial charge on any atom is -0.508 e. The van der Waals surface area contributed by atoms with Gasteiger partial charge in [-0.25, -0.2) is 0 Å². The highest BCUT2D eigenvalue weighted by Crippen LogP contribution is 2.11. The number of hydrogen-bond donors (Lipinski definition) is 1. The first kappa shape index (κ1) is 10.4. The van der Waals surface area contributed by atoms with Crippen LogP contribution >= 0.6 is 0 Å². The van der Waals surface area contributed by atoms with E-state index in [4.69, 9.17) is 5.11 Å². The number of carbonyl (C=O) groups is 2. The first-order valence-electron chi connectivity index (χ1n) is 4.47. The quantitative estimate of drug-likeness (QED) is 0.586. The van der Waals surface area contributed by atoms with Gasteiger partial charge < -0.3 is 5.11 Å². The lowest BCUT2D eigenvalue weighted by Crippen LogP contribution is -2.06. The second kappa shape index (κ2) is 4.56. The summed E-state index contributed by atoms with van der Waals surface area (Å²) in [5.41, 5.74) is 0.463. The van der Waals surface area contributed by atoms with Crippen molar-refractivity contribution in [3.63, 3.8) is 0 Å². The van der Waals surface area contributed by atoms with Crippen molar-refractivity contribution >= 4 is 11.6 Å². The van der Waals surface area contributed by atoms with Gasteiger partial charge in [-0.05, 0) is 24.3 Å². The third-order valence-corrected chi connectivity index (χ3v) is 1.94. The van der Waals surface area contributed by atoms with Crippen molar-refractivity contribution in [1.29, 1.82) is 0 Å². The number of phenolic OH excluding ortho intramolecular Hbond substituents is 1. The molecule has 14 heavy (non-hydrogen) atoms. The topological polar surface area (TPSA) is 54.4 Å². The van der Waals surface area contributed by atoms with Gasteiger partial charge in [0.15, 0.2) is 5.78 Å². The number of hydrogen-bond acceptors (Lipinski definition) is 3. The van der Waals surface area contributed by atoms with Crippen LogP contribution in [-0.2, 0) is 4.79 Å². The minimum atomic E-state index is -0.197. The molecule has 0 atom stereocenters. The molecule has 0 saturated heterocycles. The second-order valence-corrected chi connectivity index (χ2v) is 3.04. The van der Waals surface area contributed by atoms with Gasteiger partial charge in [0.05, 0.1) is 6.42 Å². The summed E-state index contributed by atoms with van der Waals surface area (Å²) >= 11 is 0. The molecule has 0 aliphatic carbocycles. The van der Waals surface area contributed by atoms with E-state index in [1.165, 1.54) is 24.3 Å². The van der Waals surface area contributed by atoms with Gasteiger partial charge in [-0.1, -0.05) is 6.92 Å². The number of ketones is 2. The van der Waals surface area contributed by atoms with Gasteiger partial charge in [0.1, 0.15) is 11.5 Å². The Hall–Kier alpha value is -1.64. The van der Waals surface area contributed by atoms with Crippen molar-refractivity contribution in [3.05, 3.63) is 29.8 Å². The van der Waals surface area contributed by atoms with Crippen LogP contribution in [0.15, 0.2) is 24.3 Å². The Morgan fingerprint density at radius 2 is 1.79 bits per heavy atom. The molecule has 0 unspecified atom stereocenters. The van der Waals surface area contributed by atoms with Gasteiger partial charge in [0.2, 0.25) is 0 Å². The van der Waals surface area contributed by atoms with E-state index in [0.29, 0.717) is 12.0 Å². The maximum Gasteiger partial charge on any atom is 0.170 e. The van der Waals surface area contributed by atoms with E-state index >= 15 is 0 Å². The predicted octanol–water partition coefficient (Wildman–Crippen LogP) is 1.94. The Bertz CT molecular complexity index is 338. The Labute approximate surface area is 82.4 Å². The molecule has 0 spiro atoms. The second-order valence-electron chi connectivity index (χ2n) is 3.04. The molecule has 0 bridgehead atoms. The van der Waals surface area contributed by atoms with E-state index < -0.39 is 0 Å². The molecule has 3 nitrogen and oxygen atoms in total. The van der Waals surface area contributed by atoms with Gasteiger partial charge in [0.25, 0.3) is 0 Å². The molecule has 74 valence electrons. The molecule has 1 aromatic carbocycles. The van der Waals surface area contributed by atoms with Gasteiger partial charge in [-0.2, -0.15) is 0 Å². The lowest BCUT2D eigenvalue weighted by Gasteiger charge is -1.99. The monoisotopic (exact) mass is 192 g/mol. The normalized spacial score (nSPS) is 9.79. The van der Waals surface area contributed by atoms with Crippen LogP contribution in [0, 0.1) is 0 Å². The molecule has 0 radical (unpaired) electrons. The molecular weight excluding hydrogens is 180 g/mol. The Morgan fingerprint density at radius 3 is 2.29 bits per heavy atom. The van der Waals surface area contributed by atoms with Crippen molar-refractivity contribution in [1.82, 2.24) is 0 Å². The van der Waals surface area contributed by atoms with Crippen LogP contribution in [0.3, 0.4) is 0 Å². The van der Waals surface area contributed by atoms with Crippen molar-refractivity contribution in [2.24, 2.45) is 0 Å². The SMILES string of the molecule is CCC(=O)CC(=O)c1ccc(O)cc1. The summed E-state index contributed by atoms with van der Waals surface area (Å²) < 4.78 is 0. The summed E-state index contributed by atoms with van der Waals surface area (Å²) in [5, 5.41) is 8.99. The van der Waals surface area contributed by atoms with E-state index in [9.17, 15) is 9.59 Å². The fourth-order valence-corrected chi connectivity index (χ4v) is 1.05. The Morgan fingerprint density at radius 1 is 1.21 bits per heavy atom. The van der Waals surface area contributed by atoms with Crippen LogP contribution in [-0.4, -0.2) is 16.7 Å². The van der Waals surface area contributed by atoms with Crippen LogP contribution in [0.5, 0.6) is 5.75 Å². The summed E-state index contributed by atoms with van der Waals surface area (Å²) in [7, 11) is 0. The van der Waals surface area contributed by atoms with E-state index in [1.54, 1.807) is 6.92 Å². The summed E-state index contributed by atoms with van der Waals surface area (Å²) in [6.45, 7) is 1.73. The lowest BCUT2D eigenvalue weighted by atomic mass is 10.1. The first-order valence-corrected chi connectivity index (χ1v) is 4.47. The minimum absolute atomic E-state index is 0.0543. The van der Waals surface area contributed by atoms with E-state index in [1.807, 2.05) is 0 Å². The number of benzene rings is 1. The third-order valence-electron chi connectivity index (χ3n) is 1.94. The fraction of sp³-hybridized carbons (Fsp3) is 0.273. The molecule has 0 aliphatic heterocycles. The number of carbonyl (C=O) groups excluding carboxylic acids is 2. The molecule has 0 fully saturated rings. The number of Topliss-reactive ketones (excluding diaryl/α,β-unsaturated/α-hetero) is 2. The highest BCUT2D eigenvalue weighted by molar-refractivity contribution is 6.07. The number of aromatic hydroxyl groups is 1. The highest BCUT2D eigenvalue weighted by atomic mass is 16.3. The number of rotatable bonds is 4. The van der Waals surface area contributed by atoms with Crippen molar-refractivity contribution in [2.45, 2.75) is 19.8 Å². The summed E-state index contributed by atoms with van der Waals surface area (Å²) in [4.78, 5) is 22.4. The largest absolute Gasteiger partial charge is 0.508 e. The molecule has 0 amide bonds. The third kappa shape index (κ3) is 2.69. The standard InChI is InChI=1S/C11H12O3/c1-2-9(12)7-11(14)8-3-5-10(13)6-4-8/h3-6,13H,2,7H2,1H3. The molecule has 1 rings (SSSR count). The summed E-state index contributed by atoms with van der Waals surface area (Å²) in [6.07, 6.45) is 0.325. The molecule has 0 aliphatic rings. The molecule has 0 heterocycles. The predicted molar refractivity (Wildman–Crippen MR) is 52.4 cm³/mol. The van der Waals surface area contributed by atoms with E-state index in [2.05, 4.69) is 0 Å². The molecule has 1 aromatic rings. The average Bonchev–Trinajstić information content (AvgIpc) is 2.18. The zero-order chi connectivity index (χ0) is 10.6. The summed E-state index contributed by atoms with van der Waals surface area (Å²) in [5.74, 6) is -0.150. The summed E-state index contributed by atoms with van der Waals surface area (Å²) in [6, 6.07) is 5.90. The van der Waals surface area contributed by atoms with Crippen LogP contribution < -0.4 is 0 Å². The molecule has 1 N–H and O–H groups in total. The van der Waals surface area contributed by atoms with Gasteiger partial charge in [0, 0.05) is 12.0 Å². The smallest absolute Gasteiger partial charge is 0.170 e. The first-order chi connectivity index (χ1) is 6.63. The Kier molecular flexibility index (Phi) is 3.40. The maximum absolute atomic E-state index is 11.4. The van der Waals surface area contributed by atoms with Gasteiger partial charge in [-0.3, -0.25) is 9.59 Å². The number of phenols is 1. The molecule has 0 aromatic heterocycles. The lowest BCUT2D eigenvalue weighted by molar-refractivity contribution is -0.117. The van der Waals surface area contributed by atoms with E-state index in [0.717, 1.165) is 0 Å². The fourth-order valence-electron chi connectivity index (χ4n) is 1.05. The van der Waals surface area contributed by atoms with Crippen LogP contribution in [0.25, 0.3) is 0 Å². The van der Waals surface area contributed by atoms with Crippen molar-refractivity contribution in [2.75, 3.05) is 0 Å². The molecule has 3 heteroatoms. The van der Waals surface area contributed by atoms with Crippen LogP contribution in [0.1, 0.15) is 30.1 Å².